The van der Waals surface area contributed by atoms with Gasteiger partial charge in [-0.15, -0.1) is 0 Å². The summed E-state index contributed by atoms with van der Waals surface area (Å²) in [5.41, 5.74) is 4.27. The Balaban J connectivity index is 1.43. The SMILES string of the molecule is N#Cc1cc2c(-c3ccc(-c4c(F)c(F)c(F)c(F)c4F)cc3)nc3ccccc3c2c2nc(-c3ccccc3)c(-c3ccccc3)nc12. The van der Waals surface area contributed by atoms with Gasteiger partial charge in [-0.2, -0.15) is 5.26 Å². The number of halogens is 5. The van der Waals surface area contributed by atoms with Crippen molar-refractivity contribution in [2.45, 2.75) is 0 Å². The highest BCUT2D eigenvalue weighted by Gasteiger charge is 2.27. The van der Waals surface area contributed by atoms with Crippen LogP contribution < -0.4 is 0 Å². The van der Waals surface area contributed by atoms with E-state index in [1.165, 1.54) is 24.3 Å². The van der Waals surface area contributed by atoms with Crippen LogP contribution in [-0.2, 0) is 0 Å². The molecule has 6 aromatic carbocycles. The second kappa shape index (κ2) is 11.6. The van der Waals surface area contributed by atoms with Crippen LogP contribution in [0, 0.1) is 40.4 Å². The van der Waals surface area contributed by atoms with Crippen LogP contribution in [0.25, 0.3) is 77.6 Å². The lowest BCUT2D eigenvalue weighted by molar-refractivity contribution is 0.381. The molecule has 8 rings (SSSR count). The van der Waals surface area contributed by atoms with Crippen LogP contribution in [0.1, 0.15) is 5.56 Å². The first-order valence-corrected chi connectivity index (χ1v) is 15.1. The summed E-state index contributed by atoms with van der Waals surface area (Å²) in [6.07, 6.45) is 0. The summed E-state index contributed by atoms with van der Waals surface area (Å²) in [6, 6.07) is 36.1. The van der Waals surface area contributed by atoms with E-state index < -0.39 is 34.6 Å². The van der Waals surface area contributed by atoms with Gasteiger partial charge in [-0.25, -0.2) is 36.9 Å². The maximum Gasteiger partial charge on any atom is 0.200 e. The Hall–Kier alpha value is -6.53. The molecule has 0 aliphatic rings. The standard InChI is InChI=1S/C40H19F5N4/c41-31-29(32(42)34(44)35(45)33(31)43)21-15-17-24(18-16-21)36-27-19-25(20-46)39-40(30(27)26-13-7-8-14-28(26)47-36)49-38(23-11-5-2-6-12-23)37(48-39)22-9-3-1-4-10-22/h1-19H. The van der Waals surface area contributed by atoms with Gasteiger partial charge in [0.15, 0.2) is 23.3 Å². The van der Waals surface area contributed by atoms with Crippen molar-refractivity contribution in [2.24, 2.45) is 0 Å². The average molecular weight is 651 g/mol. The third kappa shape index (κ3) is 4.76. The summed E-state index contributed by atoms with van der Waals surface area (Å²) >= 11 is 0. The highest BCUT2D eigenvalue weighted by atomic mass is 19.2. The number of hydrogen-bond donors (Lipinski definition) is 0. The minimum absolute atomic E-state index is 0.211. The lowest BCUT2D eigenvalue weighted by Gasteiger charge is -2.16. The Bertz CT molecular complexity index is 2630. The van der Waals surface area contributed by atoms with Gasteiger partial charge in [-0.3, -0.25) is 0 Å². The molecule has 0 spiro atoms. The zero-order valence-electron chi connectivity index (χ0n) is 25.1. The molecule has 2 heterocycles. The lowest BCUT2D eigenvalue weighted by Crippen LogP contribution is -2.04. The van der Waals surface area contributed by atoms with Gasteiger partial charge in [0.1, 0.15) is 11.6 Å². The fraction of sp³-hybridized carbons (Fsp3) is 0. The molecule has 0 saturated heterocycles. The fourth-order valence-electron chi connectivity index (χ4n) is 6.19. The quantitative estimate of drug-likeness (QED) is 0.0823. The van der Waals surface area contributed by atoms with Gasteiger partial charge < -0.3 is 0 Å². The zero-order valence-corrected chi connectivity index (χ0v) is 25.1. The number of hydrogen-bond acceptors (Lipinski definition) is 4. The molecule has 0 atom stereocenters. The average Bonchev–Trinajstić information content (AvgIpc) is 3.16. The molecule has 0 amide bonds. The number of nitriles is 1. The molecule has 0 fully saturated rings. The topological polar surface area (TPSA) is 62.5 Å². The Labute approximate surface area is 275 Å². The summed E-state index contributed by atoms with van der Waals surface area (Å²) in [7, 11) is 0. The molecular weight excluding hydrogens is 631 g/mol. The normalized spacial score (nSPS) is 11.3. The number of nitrogens with zero attached hydrogens (tertiary/aromatic N) is 4. The van der Waals surface area contributed by atoms with E-state index >= 15 is 0 Å². The van der Waals surface area contributed by atoms with Crippen LogP contribution in [0.2, 0.25) is 0 Å². The second-order valence-electron chi connectivity index (χ2n) is 11.3. The smallest absolute Gasteiger partial charge is 0.200 e. The van der Waals surface area contributed by atoms with E-state index in [1.807, 2.05) is 84.9 Å². The van der Waals surface area contributed by atoms with Crippen LogP contribution in [0.15, 0.2) is 115 Å². The van der Waals surface area contributed by atoms with Gasteiger partial charge in [0, 0.05) is 32.8 Å². The minimum Gasteiger partial charge on any atom is -0.247 e. The maximum atomic E-state index is 14.6. The molecule has 0 aliphatic heterocycles. The van der Waals surface area contributed by atoms with E-state index in [0.29, 0.717) is 50.0 Å². The Morgan fingerprint density at radius 1 is 0.449 bits per heavy atom. The van der Waals surface area contributed by atoms with Crippen molar-refractivity contribution in [3.63, 3.8) is 0 Å². The van der Waals surface area contributed by atoms with E-state index in [1.54, 1.807) is 6.07 Å². The Morgan fingerprint density at radius 2 is 0.939 bits per heavy atom. The van der Waals surface area contributed by atoms with E-state index in [-0.39, 0.29) is 11.1 Å². The van der Waals surface area contributed by atoms with Crippen LogP contribution in [-0.4, -0.2) is 15.0 Å². The molecule has 234 valence electrons. The summed E-state index contributed by atoms with van der Waals surface area (Å²) in [4.78, 5) is 15.2. The molecule has 0 aliphatic carbocycles. The molecule has 0 saturated carbocycles. The van der Waals surface area contributed by atoms with Gasteiger partial charge in [0.2, 0.25) is 5.82 Å². The van der Waals surface area contributed by atoms with Crippen molar-refractivity contribution in [1.29, 1.82) is 5.26 Å². The lowest BCUT2D eigenvalue weighted by atomic mass is 9.94. The van der Waals surface area contributed by atoms with Crippen LogP contribution in [0.5, 0.6) is 0 Å². The molecular formula is C40H19F5N4. The van der Waals surface area contributed by atoms with E-state index in [9.17, 15) is 27.2 Å². The van der Waals surface area contributed by atoms with E-state index in [2.05, 4.69) is 6.07 Å². The highest BCUT2D eigenvalue weighted by Crippen LogP contribution is 2.41. The fourth-order valence-corrected chi connectivity index (χ4v) is 6.19. The van der Waals surface area contributed by atoms with Gasteiger partial charge in [0.25, 0.3) is 0 Å². The highest BCUT2D eigenvalue weighted by molar-refractivity contribution is 6.22. The van der Waals surface area contributed by atoms with Crippen molar-refractivity contribution in [1.82, 2.24) is 15.0 Å². The number of pyridine rings is 1. The maximum absolute atomic E-state index is 14.6. The first-order valence-electron chi connectivity index (χ1n) is 15.1. The molecule has 0 bridgehead atoms. The predicted molar refractivity (Wildman–Crippen MR) is 179 cm³/mol. The zero-order chi connectivity index (χ0) is 33.8. The molecule has 2 aromatic heterocycles. The van der Waals surface area contributed by atoms with Gasteiger partial charge in [-0.05, 0) is 17.7 Å². The largest absolute Gasteiger partial charge is 0.247 e. The molecule has 4 nitrogen and oxygen atoms in total. The number of aromatic nitrogens is 3. The molecule has 0 N–H and O–H groups in total. The van der Waals surface area contributed by atoms with Crippen molar-refractivity contribution in [3.8, 4) is 51.0 Å². The summed E-state index contributed by atoms with van der Waals surface area (Å²) in [5.74, 6) is -10.1. The van der Waals surface area contributed by atoms with Crippen LogP contribution in [0.3, 0.4) is 0 Å². The van der Waals surface area contributed by atoms with Crippen molar-refractivity contribution >= 4 is 32.7 Å². The predicted octanol–water partition coefficient (Wildman–Crippen LogP) is 10.6. The summed E-state index contributed by atoms with van der Waals surface area (Å²) in [5, 5.41) is 12.4. The molecule has 49 heavy (non-hydrogen) atoms. The van der Waals surface area contributed by atoms with Crippen molar-refractivity contribution in [3.05, 3.63) is 150 Å². The van der Waals surface area contributed by atoms with Crippen LogP contribution in [0.4, 0.5) is 22.0 Å². The van der Waals surface area contributed by atoms with Gasteiger partial charge in [0.05, 0.1) is 39.2 Å². The number of rotatable bonds is 4. The van der Waals surface area contributed by atoms with Gasteiger partial charge >= 0.3 is 0 Å². The number of benzene rings is 6. The Morgan fingerprint density at radius 3 is 1.53 bits per heavy atom. The summed E-state index contributed by atoms with van der Waals surface area (Å²) in [6.45, 7) is 0. The van der Waals surface area contributed by atoms with E-state index in [4.69, 9.17) is 15.0 Å². The minimum atomic E-state index is -2.22. The molecule has 8 aromatic rings. The van der Waals surface area contributed by atoms with Gasteiger partial charge in [-0.1, -0.05) is 103 Å². The number of para-hydroxylation sites is 1. The first-order chi connectivity index (χ1) is 23.9. The third-order valence-corrected chi connectivity index (χ3v) is 8.48. The van der Waals surface area contributed by atoms with E-state index in [0.717, 1.165) is 16.5 Å². The molecule has 0 unspecified atom stereocenters. The molecule has 0 radical (unpaired) electrons. The van der Waals surface area contributed by atoms with Crippen molar-refractivity contribution in [2.75, 3.05) is 0 Å². The third-order valence-electron chi connectivity index (χ3n) is 8.48. The van der Waals surface area contributed by atoms with Crippen LogP contribution >= 0.6 is 0 Å². The summed E-state index contributed by atoms with van der Waals surface area (Å²) < 4.78 is 71.0. The first kappa shape index (κ1) is 29.8. The Kier molecular flexibility index (Phi) is 7.07. The monoisotopic (exact) mass is 650 g/mol. The second-order valence-corrected chi connectivity index (χ2v) is 11.3. The van der Waals surface area contributed by atoms with Crippen molar-refractivity contribution < 1.29 is 22.0 Å². The molecule has 9 heteroatoms. The number of fused-ring (bicyclic) bond motifs is 5.